The molecule has 0 bridgehead atoms. The van der Waals surface area contributed by atoms with Crippen LogP contribution in [0.1, 0.15) is 25.5 Å². The average molecular weight is 188 g/mol. The summed E-state index contributed by atoms with van der Waals surface area (Å²) in [5, 5.41) is 9.61. The molecule has 1 N–H and O–H groups in total. The van der Waals surface area contributed by atoms with E-state index in [-0.39, 0.29) is 11.8 Å². The van der Waals surface area contributed by atoms with Crippen molar-refractivity contribution in [3.05, 3.63) is 30.0 Å². The lowest BCUT2D eigenvalue weighted by molar-refractivity contribution is 0.441. The first-order valence-electron chi connectivity index (χ1n) is 4.64. The van der Waals surface area contributed by atoms with Crippen LogP contribution in [0.15, 0.2) is 24.3 Å². The fraction of sp³-hybridized carbons (Fsp3) is 0.273. The first kappa shape index (κ1) is 8.94. The van der Waals surface area contributed by atoms with Crippen LogP contribution in [0.4, 0.5) is 0 Å². The molecule has 3 nitrogen and oxygen atoms in total. The molecule has 0 amide bonds. The van der Waals surface area contributed by atoms with Gasteiger partial charge >= 0.3 is 0 Å². The van der Waals surface area contributed by atoms with Crippen LogP contribution < -0.4 is 0 Å². The van der Waals surface area contributed by atoms with Crippen molar-refractivity contribution in [3.8, 4) is 5.88 Å². The normalized spacial score (nSPS) is 11.1. The van der Waals surface area contributed by atoms with Gasteiger partial charge in [0.25, 0.3) is 0 Å². The predicted molar refractivity (Wildman–Crippen MR) is 55.3 cm³/mol. The van der Waals surface area contributed by atoms with E-state index >= 15 is 0 Å². The van der Waals surface area contributed by atoms with E-state index in [1.54, 1.807) is 0 Å². The third-order valence-corrected chi connectivity index (χ3v) is 2.12. The monoisotopic (exact) mass is 188 g/mol. The molecular weight excluding hydrogens is 176 g/mol. The van der Waals surface area contributed by atoms with Gasteiger partial charge in [-0.3, -0.25) is 0 Å². The van der Waals surface area contributed by atoms with Gasteiger partial charge in [-0.2, -0.15) is 0 Å². The van der Waals surface area contributed by atoms with Crippen LogP contribution in [0.3, 0.4) is 0 Å². The average Bonchev–Trinajstić information content (AvgIpc) is 2.16. The second-order valence-electron chi connectivity index (χ2n) is 3.58. The van der Waals surface area contributed by atoms with Crippen molar-refractivity contribution in [2.75, 3.05) is 0 Å². The van der Waals surface area contributed by atoms with E-state index in [2.05, 4.69) is 9.97 Å². The van der Waals surface area contributed by atoms with Crippen molar-refractivity contribution in [1.29, 1.82) is 0 Å². The van der Waals surface area contributed by atoms with Gasteiger partial charge < -0.3 is 5.11 Å². The number of benzene rings is 1. The molecule has 0 radical (unpaired) electrons. The van der Waals surface area contributed by atoms with E-state index in [9.17, 15) is 5.11 Å². The highest BCUT2D eigenvalue weighted by Gasteiger charge is 2.10. The number of aromatic nitrogens is 2. The Labute approximate surface area is 82.4 Å². The molecule has 0 saturated heterocycles. The summed E-state index contributed by atoms with van der Waals surface area (Å²) in [6, 6.07) is 7.53. The summed E-state index contributed by atoms with van der Waals surface area (Å²) in [7, 11) is 0. The summed E-state index contributed by atoms with van der Waals surface area (Å²) in [6.07, 6.45) is 0. The van der Waals surface area contributed by atoms with Crippen LogP contribution in [-0.4, -0.2) is 15.1 Å². The highest BCUT2D eigenvalue weighted by atomic mass is 16.3. The van der Waals surface area contributed by atoms with Crippen LogP contribution in [0.5, 0.6) is 5.88 Å². The summed E-state index contributed by atoms with van der Waals surface area (Å²) < 4.78 is 0. The molecule has 14 heavy (non-hydrogen) atoms. The maximum atomic E-state index is 9.61. The molecule has 1 heterocycles. The number of fused-ring (bicyclic) bond motifs is 1. The maximum Gasteiger partial charge on any atom is 0.234 e. The molecule has 0 aliphatic heterocycles. The summed E-state index contributed by atoms with van der Waals surface area (Å²) in [5.74, 6) is 0.228. The van der Waals surface area contributed by atoms with Gasteiger partial charge in [0.15, 0.2) is 0 Å². The minimum Gasteiger partial charge on any atom is -0.492 e. The van der Waals surface area contributed by atoms with E-state index in [1.165, 1.54) is 0 Å². The van der Waals surface area contributed by atoms with Gasteiger partial charge in [-0.1, -0.05) is 26.0 Å². The Hall–Kier alpha value is -1.64. The van der Waals surface area contributed by atoms with Crippen molar-refractivity contribution < 1.29 is 5.11 Å². The summed E-state index contributed by atoms with van der Waals surface area (Å²) in [5.41, 5.74) is 2.21. The van der Waals surface area contributed by atoms with Gasteiger partial charge in [0.1, 0.15) is 5.69 Å². The van der Waals surface area contributed by atoms with Gasteiger partial charge in [-0.25, -0.2) is 9.97 Å². The Morgan fingerprint density at radius 1 is 1.07 bits per heavy atom. The standard InChI is InChI=1S/C11H12N2O/c1-7(2)10-11(14)13-9-6-4-3-5-8(9)12-10/h3-7H,1-2H3,(H,13,14). The second-order valence-corrected chi connectivity index (χ2v) is 3.58. The molecule has 1 aromatic heterocycles. The Bertz CT molecular complexity index is 466. The van der Waals surface area contributed by atoms with E-state index in [1.807, 2.05) is 38.1 Å². The largest absolute Gasteiger partial charge is 0.492 e. The molecule has 72 valence electrons. The van der Waals surface area contributed by atoms with Crippen LogP contribution >= 0.6 is 0 Å². The Kier molecular flexibility index (Phi) is 2.08. The van der Waals surface area contributed by atoms with Crippen LogP contribution in [0.2, 0.25) is 0 Å². The summed E-state index contributed by atoms with van der Waals surface area (Å²) >= 11 is 0. The van der Waals surface area contributed by atoms with Gasteiger partial charge in [0.05, 0.1) is 11.0 Å². The van der Waals surface area contributed by atoms with E-state index in [0.717, 1.165) is 11.0 Å². The molecule has 3 heteroatoms. The lowest BCUT2D eigenvalue weighted by Gasteiger charge is -2.07. The maximum absolute atomic E-state index is 9.61. The number of aromatic hydroxyl groups is 1. The molecule has 0 fully saturated rings. The molecule has 0 saturated carbocycles. The van der Waals surface area contributed by atoms with E-state index < -0.39 is 0 Å². The lowest BCUT2D eigenvalue weighted by atomic mass is 10.1. The van der Waals surface area contributed by atoms with Crippen molar-refractivity contribution in [2.45, 2.75) is 19.8 Å². The first-order valence-corrected chi connectivity index (χ1v) is 4.64. The minimum atomic E-state index is 0.0405. The van der Waals surface area contributed by atoms with Crippen LogP contribution in [-0.2, 0) is 0 Å². The predicted octanol–water partition coefficient (Wildman–Crippen LogP) is 2.46. The third-order valence-electron chi connectivity index (χ3n) is 2.12. The molecule has 2 aromatic rings. The van der Waals surface area contributed by atoms with Crippen molar-refractivity contribution >= 4 is 11.0 Å². The van der Waals surface area contributed by atoms with Gasteiger partial charge in [-0.15, -0.1) is 0 Å². The first-order chi connectivity index (χ1) is 6.68. The fourth-order valence-electron chi connectivity index (χ4n) is 1.39. The number of hydrogen-bond acceptors (Lipinski definition) is 3. The quantitative estimate of drug-likeness (QED) is 0.747. The van der Waals surface area contributed by atoms with E-state index in [0.29, 0.717) is 5.69 Å². The smallest absolute Gasteiger partial charge is 0.234 e. The highest BCUT2D eigenvalue weighted by Crippen LogP contribution is 2.23. The second kappa shape index (κ2) is 3.25. The number of hydrogen-bond donors (Lipinski definition) is 1. The Morgan fingerprint density at radius 2 is 1.64 bits per heavy atom. The molecule has 0 aliphatic rings. The number of rotatable bonds is 1. The van der Waals surface area contributed by atoms with Gasteiger partial charge in [0, 0.05) is 5.92 Å². The summed E-state index contributed by atoms with van der Waals surface area (Å²) in [4.78, 5) is 8.45. The molecule has 0 aliphatic carbocycles. The topological polar surface area (TPSA) is 46.0 Å². The molecule has 0 unspecified atom stereocenters. The highest BCUT2D eigenvalue weighted by molar-refractivity contribution is 5.74. The summed E-state index contributed by atoms with van der Waals surface area (Å²) in [6.45, 7) is 3.97. The van der Waals surface area contributed by atoms with Gasteiger partial charge in [0.2, 0.25) is 5.88 Å². The zero-order valence-corrected chi connectivity index (χ0v) is 8.23. The minimum absolute atomic E-state index is 0.0405. The molecule has 1 aromatic carbocycles. The number of nitrogens with zero attached hydrogens (tertiary/aromatic N) is 2. The zero-order chi connectivity index (χ0) is 10.1. The number of para-hydroxylation sites is 2. The van der Waals surface area contributed by atoms with Crippen molar-refractivity contribution in [1.82, 2.24) is 9.97 Å². The fourth-order valence-corrected chi connectivity index (χ4v) is 1.39. The zero-order valence-electron chi connectivity index (χ0n) is 8.23. The Morgan fingerprint density at radius 3 is 2.21 bits per heavy atom. The van der Waals surface area contributed by atoms with Gasteiger partial charge in [-0.05, 0) is 12.1 Å². The van der Waals surface area contributed by atoms with Crippen LogP contribution in [0, 0.1) is 0 Å². The van der Waals surface area contributed by atoms with Crippen molar-refractivity contribution in [2.24, 2.45) is 0 Å². The molecule has 2 rings (SSSR count). The van der Waals surface area contributed by atoms with E-state index in [4.69, 9.17) is 0 Å². The van der Waals surface area contributed by atoms with Crippen molar-refractivity contribution in [3.63, 3.8) is 0 Å². The molecule has 0 spiro atoms. The molecule has 0 atom stereocenters. The van der Waals surface area contributed by atoms with Crippen LogP contribution in [0.25, 0.3) is 11.0 Å². The SMILES string of the molecule is CC(C)c1nc2ccccc2nc1O. The third kappa shape index (κ3) is 1.41. The Balaban J connectivity index is 2.71. The molecular formula is C11H12N2O. The lowest BCUT2D eigenvalue weighted by Crippen LogP contribution is -1.96.